The molecule has 0 spiro atoms. The molecule has 7 nitrogen and oxygen atoms in total. The molecule has 0 bridgehead atoms. The molecule has 2 rings (SSSR count). The summed E-state index contributed by atoms with van der Waals surface area (Å²) in [5.41, 5.74) is 0.586. The van der Waals surface area contributed by atoms with E-state index in [0.29, 0.717) is 20.8 Å². The third-order valence-electron chi connectivity index (χ3n) is 3.64. The molecule has 0 amide bonds. The lowest BCUT2D eigenvalue weighted by Gasteiger charge is -2.16. The molecule has 0 saturated carbocycles. The van der Waals surface area contributed by atoms with Crippen LogP contribution in [0, 0.1) is 0 Å². The minimum atomic E-state index is -4.03. The van der Waals surface area contributed by atoms with Crippen molar-refractivity contribution >= 4 is 39.2 Å². The molecule has 0 unspecified atom stereocenters. The lowest BCUT2D eigenvalue weighted by Crippen LogP contribution is -2.26. The average molecular weight is 434 g/mol. The number of esters is 1. The van der Waals surface area contributed by atoms with Gasteiger partial charge >= 0.3 is 5.97 Å². The van der Waals surface area contributed by atoms with E-state index in [-0.39, 0.29) is 22.1 Å². The maximum Gasteiger partial charge on any atom is 0.338 e. The van der Waals surface area contributed by atoms with Gasteiger partial charge in [-0.2, -0.15) is 0 Å². The highest BCUT2D eigenvalue weighted by molar-refractivity contribution is 7.89. The van der Waals surface area contributed by atoms with E-state index in [2.05, 4.69) is 0 Å². The van der Waals surface area contributed by atoms with Gasteiger partial charge in [0.25, 0.3) is 10.0 Å². The standard InChI is InChI=1S/C17H17Cl2NO6S/c1-20(25-3)27(22,23)16-9-11(4-6-14(16)19)17(21)26-10-12-8-13(18)5-7-15(12)24-2/h4-9H,10H2,1-3H3. The van der Waals surface area contributed by atoms with Crippen LogP contribution >= 0.6 is 23.2 Å². The zero-order valence-corrected chi connectivity index (χ0v) is 17.1. The van der Waals surface area contributed by atoms with Crippen molar-refractivity contribution in [3.05, 3.63) is 57.6 Å². The first-order valence-electron chi connectivity index (χ1n) is 7.52. The van der Waals surface area contributed by atoms with Gasteiger partial charge in [0, 0.05) is 17.6 Å². The van der Waals surface area contributed by atoms with Crippen molar-refractivity contribution in [1.29, 1.82) is 0 Å². The number of hydroxylamine groups is 1. The van der Waals surface area contributed by atoms with Gasteiger partial charge in [-0.3, -0.25) is 4.84 Å². The van der Waals surface area contributed by atoms with Crippen molar-refractivity contribution in [2.45, 2.75) is 11.5 Å². The molecule has 2 aromatic rings. The van der Waals surface area contributed by atoms with Gasteiger partial charge in [-0.15, -0.1) is 0 Å². The molecule has 10 heteroatoms. The Kier molecular flexibility index (Phi) is 7.07. The van der Waals surface area contributed by atoms with E-state index in [0.717, 1.165) is 6.07 Å². The number of carbonyl (C=O) groups is 1. The number of carbonyl (C=O) groups excluding carboxylic acids is 1. The Morgan fingerprint density at radius 2 is 1.81 bits per heavy atom. The highest BCUT2D eigenvalue weighted by Crippen LogP contribution is 2.27. The fraction of sp³-hybridized carbons (Fsp3) is 0.235. The first-order chi connectivity index (χ1) is 12.7. The Bertz CT molecular complexity index is 948. The summed E-state index contributed by atoms with van der Waals surface area (Å²) in [6.07, 6.45) is 0. The number of rotatable bonds is 7. The quantitative estimate of drug-likeness (QED) is 0.490. The lowest BCUT2D eigenvalue weighted by molar-refractivity contribution is -0.0258. The Labute approximate surface area is 167 Å². The molecule has 146 valence electrons. The smallest absolute Gasteiger partial charge is 0.338 e. The van der Waals surface area contributed by atoms with Crippen LogP contribution in [0.25, 0.3) is 0 Å². The molecule has 0 aromatic heterocycles. The lowest BCUT2D eigenvalue weighted by atomic mass is 10.2. The Hall–Kier alpha value is -1.84. The molecule has 0 N–H and O–H groups in total. The first-order valence-corrected chi connectivity index (χ1v) is 9.72. The summed E-state index contributed by atoms with van der Waals surface area (Å²) in [4.78, 5) is 16.8. The third-order valence-corrected chi connectivity index (χ3v) is 6.04. The Balaban J connectivity index is 2.26. The minimum Gasteiger partial charge on any atom is -0.496 e. The molecule has 0 aliphatic rings. The topological polar surface area (TPSA) is 82.1 Å². The van der Waals surface area contributed by atoms with Crippen molar-refractivity contribution in [3.8, 4) is 5.75 Å². The van der Waals surface area contributed by atoms with Crippen molar-refractivity contribution in [2.75, 3.05) is 21.3 Å². The third kappa shape index (κ3) is 4.91. The highest BCUT2D eigenvalue weighted by Gasteiger charge is 2.25. The first kappa shape index (κ1) is 21.5. The molecular weight excluding hydrogens is 417 g/mol. The van der Waals surface area contributed by atoms with E-state index in [1.807, 2.05) is 0 Å². The number of hydrogen-bond acceptors (Lipinski definition) is 6. The van der Waals surface area contributed by atoms with E-state index < -0.39 is 16.0 Å². The maximum atomic E-state index is 12.4. The average Bonchev–Trinajstić information content (AvgIpc) is 2.65. The monoisotopic (exact) mass is 433 g/mol. The molecule has 27 heavy (non-hydrogen) atoms. The van der Waals surface area contributed by atoms with Crippen LogP contribution in [0.15, 0.2) is 41.3 Å². The van der Waals surface area contributed by atoms with Crippen LogP contribution < -0.4 is 4.74 Å². The number of nitrogens with zero attached hydrogens (tertiary/aromatic N) is 1. The SMILES string of the molecule is COc1ccc(Cl)cc1COC(=O)c1ccc(Cl)c(S(=O)(=O)N(C)OC)c1. The summed E-state index contributed by atoms with van der Waals surface area (Å²) < 4.78 is 35.9. The summed E-state index contributed by atoms with van der Waals surface area (Å²) in [5.74, 6) is -0.224. The van der Waals surface area contributed by atoms with Gasteiger partial charge in [0.05, 0.1) is 24.8 Å². The van der Waals surface area contributed by atoms with Gasteiger partial charge in [-0.25, -0.2) is 13.2 Å². The molecule has 0 aliphatic carbocycles. The maximum absolute atomic E-state index is 12.4. The second-order valence-electron chi connectivity index (χ2n) is 5.27. The fourth-order valence-electron chi connectivity index (χ4n) is 2.15. The van der Waals surface area contributed by atoms with E-state index in [9.17, 15) is 13.2 Å². The van der Waals surface area contributed by atoms with Gasteiger partial charge in [-0.1, -0.05) is 27.7 Å². The van der Waals surface area contributed by atoms with E-state index in [4.69, 9.17) is 37.5 Å². The molecule has 0 aliphatic heterocycles. The number of ether oxygens (including phenoxy) is 2. The normalized spacial score (nSPS) is 11.5. The summed E-state index contributed by atoms with van der Waals surface area (Å²) in [7, 11) is -0.135. The van der Waals surface area contributed by atoms with Crippen LogP contribution in [0.5, 0.6) is 5.75 Å². The van der Waals surface area contributed by atoms with E-state index >= 15 is 0 Å². The largest absolute Gasteiger partial charge is 0.496 e. The molecular formula is C17H17Cl2NO6S. The van der Waals surface area contributed by atoms with Crippen molar-refractivity contribution in [3.63, 3.8) is 0 Å². The van der Waals surface area contributed by atoms with Crippen LogP contribution in [0.1, 0.15) is 15.9 Å². The minimum absolute atomic E-state index is 0.0171. The zero-order chi connectivity index (χ0) is 20.2. The van der Waals surface area contributed by atoms with Gasteiger partial charge < -0.3 is 9.47 Å². The van der Waals surface area contributed by atoms with Crippen molar-refractivity contribution in [2.24, 2.45) is 0 Å². The second kappa shape index (κ2) is 8.90. The van der Waals surface area contributed by atoms with Gasteiger partial charge in [0.2, 0.25) is 0 Å². The summed E-state index contributed by atoms with van der Waals surface area (Å²) in [6, 6.07) is 8.71. The van der Waals surface area contributed by atoms with Gasteiger partial charge in [-0.05, 0) is 36.4 Å². The summed E-state index contributed by atoms with van der Waals surface area (Å²) in [5, 5.41) is 0.413. The number of benzene rings is 2. The summed E-state index contributed by atoms with van der Waals surface area (Å²) in [6.45, 7) is -0.106. The number of sulfonamides is 1. The summed E-state index contributed by atoms with van der Waals surface area (Å²) >= 11 is 11.9. The van der Waals surface area contributed by atoms with E-state index in [1.54, 1.807) is 18.2 Å². The highest BCUT2D eigenvalue weighted by atomic mass is 35.5. The molecule has 0 radical (unpaired) electrons. The van der Waals surface area contributed by atoms with Crippen LogP contribution in [0.3, 0.4) is 0 Å². The predicted octanol–water partition coefficient (Wildman–Crippen LogP) is 3.54. The van der Waals surface area contributed by atoms with Crippen LogP contribution in [0.2, 0.25) is 10.0 Å². The molecule has 0 fully saturated rings. The zero-order valence-electron chi connectivity index (χ0n) is 14.7. The molecule has 0 heterocycles. The molecule has 2 aromatic carbocycles. The molecule has 0 atom stereocenters. The van der Waals surface area contributed by atoms with Gasteiger partial charge in [0.15, 0.2) is 0 Å². The molecule has 0 saturated heterocycles. The van der Waals surface area contributed by atoms with E-state index in [1.165, 1.54) is 33.4 Å². The second-order valence-corrected chi connectivity index (χ2v) is 8.02. The number of halogens is 2. The van der Waals surface area contributed by atoms with Crippen molar-refractivity contribution in [1.82, 2.24) is 4.47 Å². The predicted molar refractivity (Wildman–Crippen MR) is 101 cm³/mol. The van der Waals surface area contributed by atoms with Gasteiger partial charge in [0.1, 0.15) is 17.3 Å². The van der Waals surface area contributed by atoms with Crippen LogP contribution in [-0.2, 0) is 26.2 Å². The Morgan fingerprint density at radius 3 is 2.44 bits per heavy atom. The van der Waals surface area contributed by atoms with Crippen LogP contribution in [0.4, 0.5) is 0 Å². The Morgan fingerprint density at radius 1 is 1.11 bits per heavy atom. The van der Waals surface area contributed by atoms with Crippen molar-refractivity contribution < 1.29 is 27.5 Å². The fourth-order valence-corrected chi connectivity index (χ4v) is 3.82. The number of hydrogen-bond donors (Lipinski definition) is 0. The van der Waals surface area contributed by atoms with Crippen LogP contribution in [-0.4, -0.2) is 40.1 Å². The number of methoxy groups -OCH3 is 1.